The molecule has 0 saturated carbocycles. The van der Waals surface area contributed by atoms with Gasteiger partial charge in [-0.15, -0.1) is 0 Å². The van der Waals surface area contributed by atoms with E-state index in [0.717, 1.165) is 10.6 Å². The van der Waals surface area contributed by atoms with Crippen LogP contribution in [0.2, 0.25) is 0 Å². The van der Waals surface area contributed by atoms with Crippen molar-refractivity contribution in [3.63, 3.8) is 0 Å². The summed E-state index contributed by atoms with van der Waals surface area (Å²) >= 11 is 0. The summed E-state index contributed by atoms with van der Waals surface area (Å²) in [6.45, 7) is 0.252. The highest BCUT2D eigenvalue weighted by atomic mass is 32.2. The first kappa shape index (κ1) is 13.7. The first-order chi connectivity index (χ1) is 10.1. The largest absolute Gasteiger partial charge is 0.293 e. The van der Waals surface area contributed by atoms with Crippen LogP contribution in [-0.2, 0) is 14.6 Å². The fraction of sp³-hybridized carbons (Fsp3) is 0.125. The van der Waals surface area contributed by atoms with Gasteiger partial charge in [-0.3, -0.25) is 9.79 Å². The Bertz CT molecular complexity index is 915. The third-order valence-corrected chi connectivity index (χ3v) is 5.03. The van der Waals surface area contributed by atoms with Crippen molar-refractivity contribution in [2.75, 3.05) is 12.3 Å². The van der Waals surface area contributed by atoms with Crippen LogP contribution in [0.15, 0.2) is 64.5 Å². The van der Waals surface area contributed by atoms with Gasteiger partial charge in [-0.2, -0.15) is 0 Å². The lowest BCUT2D eigenvalue weighted by atomic mass is 10.1. The first-order valence-electron chi connectivity index (χ1n) is 6.52. The molecule has 2 aromatic rings. The van der Waals surface area contributed by atoms with Crippen molar-refractivity contribution >= 4 is 21.2 Å². The molecule has 0 aliphatic carbocycles. The van der Waals surface area contributed by atoms with Crippen molar-refractivity contribution in [1.29, 1.82) is 0 Å². The van der Waals surface area contributed by atoms with Crippen LogP contribution < -0.4 is 10.6 Å². The van der Waals surface area contributed by atoms with Gasteiger partial charge in [-0.05, 0) is 18.2 Å². The lowest BCUT2D eigenvalue weighted by Gasteiger charge is -2.04. The van der Waals surface area contributed by atoms with Crippen molar-refractivity contribution in [1.82, 2.24) is 0 Å². The molecule has 1 heterocycles. The second kappa shape index (κ2) is 5.26. The number of nitrogens with zero attached hydrogens (tertiary/aromatic N) is 1. The average Bonchev–Trinajstić information content (AvgIpc) is 2.92. The number of carbonyl (C=O) groups is 1. The molecule has 0 fully saturated rings. The highest BCUT2D eigenvalue weighted by Crippen LogP contribution is 2.12. The van der Waals surface area contributed by atoms with Gasteiger partial charge in [-0.1, -0.05) is 36.4 Å². The van der Waals surface area contributed by atoms with E-state index >= 15 is 0 Å². The molecule has 0 saturated heterocycles. The Labute approximate surface area is 122 Å². The molecule has 4 nitrogen and oxygen atoms in total. The molecule has 0 N–H and O–H groups in total. The second-order valence-electron chi connectivity index (χ2n) is 4.81. The monoisotopic (exact) mass is 299 g/mol. The van der Waals surface area contributed by atoms with Crippen molar-refractivity contribution in [3.05, 3.63) is 65.2 Å². The van der Waals surface area contributed by atoms with Crippen LogP contribution in [0.3, 0.4) is 0 Å². The molecule has 0 unspecified atom stereocenters. The van der Waals surface area contributed by atoms with E-state index in [1.54, 1.807) is 24.3 Å². The molecular formula is C16H13NO3S. The Balaban J connectivity index is 1.95. The Morgan fingerprint density at radius 2 is 1.67 bits per heavy atom. The third kappa shape index (κ3) is 2.64. The van der Waals surface area contributed by atoms with E-state index in [0.29, 0.717) is 5.57 Å². The predicted octanol–water partition coefficient (Wildman–Crippen LogP) is 0.514. The van der Waals surface area contributed by atoms with Gasteiger partial charge in [-0.25, -0.2) is 8.42 Å². The molecule has 0 spiro atoms. The van der Waals surface area contributed by atoms with Crippen LogP contribution in [0, 0.1) is 0 Å². The molecular weight excluding hydrogens is 286 g/mol. The fourth-order valence-electron chi connectivity index (χ4n) is 2.33. The molecule has 3 rings (SSSR count). The number of hydrogen-bond acceptors (Lipinski definition) is 4. The van der Waals surface area contributed by atoms with Gasteiger partial charge >= 0.3 is 0 Å². The summed E-state index contributed by atoms with van der Waals surface area (Å²) in [5.74, 6) is -0.900. The van der Waals surface area contributed by atoms with Gasteiger partial charge in [0.2, 0.25) is 0 Å². The standard InChI is InChI=1S/C16H13NO3S/c18-16(11-21(19,20)12-6-2-1-3-7-12)14-10-17-15-9-5-4-8-13(14)15/h1-9H,10-11H2. The van der Waals surface area contributed by atoms with E-state index in [4.69, 9.17) is 0 Å². The first-order valence-corrected chi connectivity index (χ1v) is 8.17. The maximum Gasteiger partial charge on any atom is 0.185 e. The van der Waals surface area contributed by atoms with Crippen LogP contribution in [0.1, 0.15) is 0 Å². The summed E-state index contributed by atoms with van der Waals surface area (Å²) in [5, 5.41) is 1.49. The number of para-hydroxylation sites is 1. The maximum atomic E-state index is 12.3. The van der Waals surface area contributed by atoms with E-state index < -0.39 is 15.6 Å². The SMILES string of the molecule is O=C(CS(=O)(=O)c1ccccc1)C1=c2ccccc2=NC1. The lowest BCUT2D eigenvalue weighted by molar-refractivity contribution is -0.111. The summed E-state index contributed by atoms with van der Waals surface area (Å²) in [6.07, 6.45) is 0. The van der Waals surface area contributed by atoms with Crippen LogP contribution >= 0.6 is 0 Å². The van der Waals surface area contributed by atoms with Gasteiger partial charge in [0.25, 0.3) is 0 Å². The molecule has 106 valence electrons. The minimum absolute atomic E-state index is 0.169. The zero-order valence-electron chi connectivity index (χ0n) is 11.2. The van der Waals surface area contributed by atoms with E-state index in [2.05, 4.69) is 4.99 Å². The van der Waals surface area contributed by atoms with Crippen LogP contribution in [0.25, 0.3) is 5.57 Å². The Morgan fingerprint density at radius 3 is 2.43 bits per heavy atom. The molecule has 5 heteroatoms. The van der Waals surface area contributed by atoms with Crippen molar-refractivity contribution < 1.29 is 13.2 Å². The summed E-state index contributed by atoms with van der Waals surface area (Å²) in [4.78, 5) is 16.7. The summed E-state index contributed by atoms with van der Waals surface area (Å²) in [6, 6.07) is 15.3. The minimum atomic E-state index is -3.61. The molecule has 0 bridgehead atoms. The van der Waals surface area contributed by atoms with Gasteiger partial charge < -0.3 is 0 Å². The molecule has 1 aliphatic heterocycles. The van der Waals surface area contributed by atoms with E-state index in [9.17, 15) is 13.2 Å². The Kier molecular flexibility index (Phi) is 3.43. The minimum Gasteiger partial charge on any atom is -0.293 e. The summed E-state index contributed by atoms with van der Waals surface area (Å²) in [5.41, 5.74) is 0.477. The summed E-state index contributed by atoms with van der Waals surface area (Å²) in [7, 11) is -3.61. The van der Waals surface area contributed by atoms with Gasteiger partial charge in [0.1, 0.15) is 5.75 Å². The number of sulfone groups is 1. The molecule has 21 heavy (non-hydrogen) atoms. The van der Waals surface area contributed by atoms with Crippen molar-refractivity contribution in [2.24, 2.45) is 4.99 Å². The topological polar surface area (TPSA) is 63.6 Å². The number of rotatable bonds is 4. The lowest BCUT2D eigenvalue weighted by Crippen LogP contribution is -2.27. The normalized spacial score (nSPS) is 13.6. The van der Waals surface area contributed by atoms with E-state index in [1.807, 2.05) is 18.2 Å². The number of hydrogen-bond donors (Lipinski definition) is 0. The molecule has 0 aromatic heterocycles. The quantitative estimate of drug-likeness (QED) is 0.826. The molecule has 2 aromatic carbocycles. The van der Waals surface area contributed by atoms with Gasteiger partial charge in [0, 0.05) is 10.8 Å². The highest BCUT2D eigenvalue weighted by Gasteiger charge is 2.23. The predicted molar refractivity (Wildman–Crippen MR) is 79.0 cm³/mol. The number of carbonyl (C=O) groups excluding carboxylic acids is 1. The smallest absolute Gasteiger partial charge is 0.185 e. The Morgan fingerprint density at radius 1 is 1.00 bits per heavy atom. The number of ketones is 1. The number of Topliss-reactive ketones (excluding diaryl/α,β-unsaturated/α-hetero) is 1. The number of fused-ring (bicyclic) bond motifs is 1. The molecule has 0 radical (unpaired) electrons. The number of benzene rings is 2. The van der Waals surface area contributed by atoms with E-state index in [-0.39, 0.29) is 17.2 Å². The average molecular weight is 299 g/mol. The van der Waals surface area contributed by atoms with Crippen molar-refractivity contribution in [3.8, 4) is 0 Å². The van der Waals surface area contributed by atoms with Crippen LogP contribution in [0.4, 0.5) is 0 Å². The van der Waals surface area contributed by atoms with Gasteiger partial charge in [0.15, 0.2) is 15.6 Å². The van der Waals surface area contributed by atoms with Crippen molar-refractivity contribution in [2.45, 2.75) is 4.90 Å². The van der Waals surface area contributed by atoms with Crippen LogP contribution in [0.5, 0.6) is 0 Å². The Hall–Kier alpha value is -2.27. The van der Waals surface area contributed by atoms with Crippen LogP contribution in [-0.4, -0.2) is 26.5 Å². The summed E-state index contributed by atoms with van der Waals surface area (Å²) < 4.78 is 24.5. The maximum absolute atomic E-state index is 12.3. The van der Waals surface area contributed by atoms with E-state index in [1.165, 1.54) is 12.1 Å². The highest BCUT2D eigenvalue weighted by molar-refractivity contribution is 7.92. The third-order valence-electron chi connectivity index (χ3n) is 3.40. The second-order valence-corrected chi connectivity index (χ2v) is 6.80. The molecule has 0 amide bonds. The zero-order chi connectivity index (χ0) is 14.9. The zero-order valence-corrected chi connectivity index (χ0v) is 12.0. The molecule has 1 aliphatic rings. The molecule has 0 atom stereocenters. The fourth-order valence-corrected chi connectivity index (χ4v) is 3.58. The van der Waals surface area contributed by atoms with Gasteiger partial charge in [0.05, 0.1) is 16.8 Å².